The molecule has 1 saturated heterocycles. The van der Waals surface area contributed by atoms with E-state index in [0.29, 0.717) is 19.1 Å². The Morgan fingerprint density at radius 1 is 1.24 bits per heavy atom. The van der Waals surface area contributed by atoms with Crippen molar-refractivity contribution in [3.8, 4) is 0 Å². The predicted octanol–water partition coefficient (Wildman–Crippen LogP) is 0.381. The zero-order valence-corrected chi connectivity index (χ0v) is 17.5. The Balaban J connectivity index is 0.00000225. The van der Waals surface area contributed by atoms with Crippen molar-refractivity contribution in [1.29, 1.82) is 0 Å². The number of hydrogen-bond donors (Lipinski definition) is 3. The van der Waals surface area contributed by atoms with Crippen LogP contribution in [0, 0.1) is 0 Å². The summed E-state index contributed by atoms with van der Waals surface area (Å²) >= 11 is 0. The first-order chi connectivity index (χ1) is 11.6. The molecule has 1 heterocycles. The Bertz CT molecular complexity index is 472. The van der Waals surface area contributed by atoms with Crippen LogP contribution in [0.25, 0.3) is 0 Å². The maximum atomic E-state index is 11.9. The minimum absolute atomic E-state index is 0. The van der Waals surface area contributed by atoms with Gasteiger partial charge in [0.25, 0.3) is 0 Å². The van der Waals surface area contributed by atoms with Gasteiger partial charge in [-0.15, -0.1) is 24.0 Å². The first-order valence-corrected chi connectivity index (χ1v) is 9.35. The maximum Gasteiger partial charge on any atom is 0.234 e. The normalized spacial score (nSPS) is 23.4. The summed E-state index contributed by atoms with van der Waals surface area (Å²) in [4.78, 5) is 21.0. The number of nitrogens with zero attached hydrogens (tertiary/aromatic N) is 3. The van der Waals surface area contributed by atoms with E-state index in [4.69, 9.17) is 0 Å². The number of guanidine groups is 1. The number of carbonyl (C=O) groups is 1. The molecule has 2 saturated carbocycles. The molecule has 7 nitrogen and oxygen atoms in total. The van der Waals surface area contributed by atoms with Crippen LogP contribution >= 0.6 is 24.0 Å². The third-order valence-corrected chi connectivity index (χ3v) is 5.12. The zero-order valence-electron chi connectivity index (χ0n) is 15.2. The predicted molar refractivity (Wildman–Crippen MR) is 109 cm³/mol. The summed E-state index contributed by atoms with van der Waals surface area (Å²) in [6, 6.07) is 0.434. The van der Waals surface area contributed by atoms with Gasteiger partial charge in [-0.2, -0.15) is 0 Å². The number of nitrogens with one attached hydrogen (secondary N) is 2. The van der Waals surface area contributed by atoms with E-state index in [2.05, 4.69) is 32.3 Å². The molecule has 3 N–H and O–H groups in total. The van der Waals surface area contributed by atoms with Crippen molar-refractivity contribution >= 4 is 35.8 Å². The van der Waals surface area contributed by atoms with Crippen LogP contribution in [0.2, 0.25) is 0 Å². The Morgan fingerprint density at radius 2 is 1.92 bits per heavy atom. The first kappa shape index (κ1) is 20.7. The topological polar surface area (TPSA) is 80.2 Å². The quantitative estimate of drug-likeness (QED) is 0.301. The minimum Gasteiger partial charge on any atom is -0.388 e. The molecule has 1 aliphatic heterocycles. The number of aliphatic hydroxyl groups is 1. The van der Waals surface area contributed by atoms with Crippen molar-refractivity contribution < 1.29 is 9.90 Å². The largest absolute Gasteiger partial charge is 0.388 e. The van der Waals surface area contributed by atoms with Crippen LogP contribution in [-0.2, 0) is 4.79 Å². The number of rotatable bonds is 6. The highest BCUT2D eigenvalue weighted by Gasteiger charge is 2.34. The molecular weight excluding hydrogens is 433 g/mol. The third-order valence-electron chi connectivity index (χ3n) is 5.12. The Kier molecular flexibility index (Phi) is 7.75. The fourth-order valence-corrected chi connectivity index (χ4v) is 3.21. The number of hydrogen-bond acceptors (Lipinski definition) is 4. The molecule has 0 aromatic rings. The van der Waals surface area contributed by atoms with Crippen molar-refractivity contribution in [2.75, 3.05) is 45.8 Å². The molecule has 0 aromatic heterocycles. The molecule has 25 heavy (non-hydrogen) atoms. The molecule has 0 bridgehead atoms. The molecule has 0 unspecified atom stereocenters. The molecule has 0 atom stereocenters. The number of piperazine rings is 1. The van der Waals surface area contributed by atoms with Gasteiger partial charge in [0.2, 0.25) is 5.91 Å². The lowest BCUT2D eigenvalue weighted by Gasteiger charge is -2.38. The molecule has 144 valence electrons. The second kappa shape index (κ2) is 9.36. The highest BCUT2D eigenvalue weighted by atomic mass is 127. The smallest absolute Gasteiger partial charge is 0.234 e. The van der Waals surface area contributed by atoms with Gasteiger partial charge in [-0.05, 0) is 39.0 Å². The maximum absolute atomic E-state index is 11.9. The molecule has 3 aliphatic rings. The van der Waals surface area contributed by atoms with Gasteiger partial charge in [0, 0.05) is 38.8 Å². The molecule has 2 aliphatic carbocycles. The van der Waals surface area contributed by atoms with Gasteiger partial charge in [0.1, 0.15) is 0 Å². The summed E-state index contributed by atoms with van der Waals surface area (Å²) in [5, 5.41) is 16.6. The minimum atomic E-state index is -0.580. The number of amides is 1. The number of carbonyl (C=O) groups excluding carboxylic acids is 1. The molecule has 0 aromatic carbocycles. The summed E-state index contributed by atoms with van der Waals surface area (Å²) in [5.41, 5.74) is -0.580. The highest BCUT2D eigenvalue weighted by molar-refractivity contribution is 14.0. The fourth-order valence-electron chi connectivity index (χ4n) is 3.21. The van der Waals surface area contributed by atoms with Gasteiger partial charge in [-0.1, -0.05) is 0 Å². The monoisotopic (exact) mass is 465 g/mol. The lowest BCUT2D eigenvalue weighted by atomic mass is 9.80. The van der Waals surface area contributed by atoms with Crippen molar-refractivity contribution in [3.05, 3.63) is 0 Å². The molecule has 0 radical (unpaired) electrons. The van der Waals surface area contributed by atoms with Crippen molar-refractivity contribution in [1.82, 2.24) is 20.4 Å². The van der Waals surface area contributed by atoms with E-state index in [-0.39, 0.29) is 29.9 Å². The molecular formula is C17H32IN5O2. The van der Waals surface area contributed by atoms with Crippen LogP contribution in [0.5, 0.6) is 0 Å². The zero-order chi connectivity index (χ0) is 17.0. The van der Waals surface area contributed by atoms with Crippen LogP contribution in [0.1, 0.15) is 39.0 Å². The molecule has 3 rings (SSSR count). The standard InChI is InChI=1S/C17H31N5O2.HI/c1-2-18-16(19-13-17(24)6-3-7-17)22-10-8-21(9-11-22)12-15(23)20-14-4-5-14;/h14,24H,2-13H2,1H3,(H,18,19)(H,20,23);1H. The van der Waals surface area contributed by atoms with E-state index < -0.39 is 5.60 Å². The molecule has 8 heteroatoms. The summed E-state index contributed by atoms with van der Waals surface area (Å²) < 4.78 is 0. The second-order valence-electron chi connectivity index (χ2n) is 7.35. The SMILES string of the molecule is CCNC(=NCC1(O)CCC1)N1CCN(CC(=O)NC2CC2)CC1.I. The van der Waals surface area contributed by atoms with Gasteiger partial charge in [-0.25, -0.2) is 0 Å². The summed E-state index contributed by atoms with van der Waals surface area (Å²) in [6.07, 6.45) is 5.09. The Morgan fingerprint density at radius 3 is 2.44 bits per heavy atom. The van der Waals surface area contributed by atoms with Crippen molar-refractivity contribution in [2.24, 2.45) is 4.99 Å². The van der Waals surface area contributed by atoms with Gasteiger partial charge >= 0.3 is 0 Å². The van der Waals surface area contributed by atoms with Gasteiger partial charge in [0.05, 0.1) is 18.7 Å². The van der Waals surface area contributed by atoms with E-state index in [1.54, 1.807) is 0 Å². The summed E-state index contributed by atoms with van der Waals surface area (Å²) in [5.74, 6) is 1.04. The Hall–Kier alpha value is -0.610. The van der Waals surface area contributed by atoms with Crippen LogP contribution in [0.3, 0.4) is 0 Å². The lowest BCUT2D eigenvalue weighted by molar-refractivity contribution is -0.122. The number of aliphatic imine (C=N–C) groups is 1. The van der Waals surface area contributed by atoms with Crippen molar-refractivity contribution in [2.45, 2.75) is 50.7 Å². The first-order valence-electron chi connectivity index (χ1n) is 9.35. The fraction of sp³-hybridized carbons (Fsp3) is 0.882. The third kappa shape index (κ3) is 6.25. The Labute approximate surface area is 167 Å². The highest BCUT2D eigenvalue weighted by Crippen LogP contribution is 2.31. The molecule has 0 spiro atoms. The molecule has 1 amide bonds. The average molecular weight is 465 g/mol. The molecule has 3 fully saturated rings. The van der Waals surface area contributed by atoms with E-state index >= 15 is 0 Å². The van der Waals surface area contributed by atoms with Crippen LogP contribution in [-0.4, -0.2) is 84.2 Å². The summed E-state index contributed by atoms with van der Waals surface area (Å²) in [7, 11) is 0. The van der Waals surface area contributed by atoms with Gasteiger partial charge < -0.3 is 20.6 Å². The van der Waals surface area contributed by atoms with Crippen LogP contribution < -0.4 is 10.6 Å². The van der Waals surface area contributed by atoms with Crippen molar-refractivity contribution in [3.63, 3.8) is 0 Å². The van der Waals surface area contributed by atoms with Gasteiger partial charge in [-0.3, -0.25) is 14.7 Å². The van der Waals surface area contributed by atoms with E-state index in [9.17, 15) is 9.90 Å². The average Bonchev–Trinajstić information content (AvgIpc) is 3.34. The number of halogens is 1. The second-order valence-corrected chi connectivity index (χ2v) is 7.35. The van der Waals surface area contributed by atoms with Gasteiger partial charge in [0.15, 0.2) is 5.96 Å². The van der Waals surface area contributed by atoms with Crippen LogP contribution in [0.15, 0.2) is 4.99 Å². The summed E-state index contributed by atoms with van der Waals surface area (Å²) in [6.45, 7) is 7.33. The van der Waals surface area contributed by atoms with E-state index in [1.165, 1.54) is 0 Å². The van der Waals surface area contributed by atoms with E-state index in [0.717, 1.165) is 70.8 Å². The van der Waals surface area contributed by atoms with Crippen LogP contribution in [0.4, 0.5) is 0 Å². The van der Waals surface area contributed by atoms with E-state index in [1.807, 2.05) is 0 Å². The lowest BCUT2D eigenvalue weighted by Crippen LogP contribution is -2.54.